The summed E-state index contributed by atoms with van der Waals surface area (Å²) in [5.41, 5.74) is 2.40. The number of anilines is 2. The number of carbonyl (C=O) groups excluding carboxylic acids is 1. The maximum absolute atomic E-state index is 13.6. The third kappa shape index (κ3) is 6.33. The van der Waals surface area contributed by atoms with E-state index in [9.17, 15) is 13.2 Å². The lowest BCUT2D eigenvalue weighted by molar-refractivity contribution is -0.119. The number of sulfonamides is 1. The van der Waals surface area contributed by atoms with Gasteiger partial charge in [0.05, 0.1) is 38.0 Å². The summed E-state index contributed by atoms with van der Waals surface area (Å²) in [5.74, 6) is 0.261. The Kier molecular flexibility index (Phi) is 8.52. The molecule has 0 spiro atoms. The standard InChI is InChI=1S/C27H31N3O6S/c1-34-25-13-12-24(18-26(25)35-2)37(32,33)30(23-6-4-3-5-7-23)20-27(31)28-19-21-8-10-22(11-9-21)29-14-16-36-17-15-29/h3-13,18H,14-17,19-20H2,1-2H3,(H,28,31). The predicted octanol–water partition coefficient (Wildman–Crippen LogP) is 3.05. The van der Waals surface area contributed by atoms with Crippen LogP contribution in [-0.2, 0) is 26.1 Å². The molecule has 3 aromatic rings. The van der Waals surface area contributed by atoms with Gasteiger partial charge in [0.1, 0.15) is 6.54 Å². The van der Waals surface area contributed by atoms with Crippen molar-refractivity contribution in [2.24, 2.45) is 0 Å². The number of morpholine rings is 1. The largest absolute Gasteiger partial charge is 0.493 e. The summed E-state index contributed by atoms with van der Waals surface area (Å²) < 4.78 is 44.3. The van der Waals surface area contributed by atoms with Crippen molar-refractivity contribution < 1.29 is 27.4 Å². The average molecular weight is 526 g/mol. The Hall–Kier alpha value is -3.76. The van der Waals surface area contributed by atoms with Gasteiger partial charge in [0.25, 0.3) is 10.0 Å². The molecule has 3 aromatic carbocycles. The van der Waals surface area contributed by atoms with E-state index in [2.05, 4.69) is 10.2 Å². The molecule has 0 aliphatic carbocycles. The maximum atomic E-state index is 13.6. The van der Waals surface area contributed by atoms with Crippen LogP contribution in [0.2, 0.25) is 0 Å². The van der Waals surface area contributed by atoms with Crippen molar-refractivity contribution in [2.75, 3.05) is 56.3 Å². The summed E-state index contributed by atoms with van der Waals surface area (Å²) in [7, 11) is -1.18. The topological polar surface area (TPSA) is 97.4 Å². The van der Waals surface area contributed by atoms with E-state index in [0.29, 0.717) is 24.7 Å². The van der Waals surface area contributed by atoms with Crippen molar-refractivity contribution in [3.63, 3.8) is 0 Å². The number of amides is 1. The average Bonchev–Trinajstić information content (AvgIpc) is 2.95. The van der Waals surface area contributed by atoms with Crippen molar-refractivity contribution in [2.45, 2.75) is 11.4 Å². The van der Waals surface area contributed by atoms with Crippen LogP contribution in [-0.4, -0.2) is 61.4 Å². The second kappa shape index (κ2) is 12.0. The van der Waals surface area contributed by atoms with Crippen molar-refractivity contribution in [3.05, 3.63) is 78.4 Å². The molecule has 1 amide bonds. The van der Waals surface area contributed by atoms with E-state index in [-0.39, 0.29) is 23.7 Å². The van der Waals surface area contributed by atoms with Crippen LogP contribution in [0.4, 0.5) is 11.4 Å². The molecule has 4 rings (SSSR count). The van der Waals surface area contributed by atoms with Crippen LogP contribution in [0.15, 0.2) is 77.7 Å². The SMILES string of the molecule is COc1ccc(S(=O)(=O)N(CC(=O)NCc2ccc(N3CCOCC3)cc2)c2ccccc2)cc1OC. The van der Waals surface area contributed by atoms with E-state index in [1.807, 2.05) is 24.3 Å². The molecule has 9 nitrogen and oxygen atoms in total. The molecular weight excluding hydrogens is 494 g/mol. The molecule has 0 radical (unpaired) electrons. The van der Waals surface area contributed by atoms with Crippen molar-refractivity contribution in [3.8, 4) is 11.5 Å². The minimum absolute atomic E-state index is 0.0134. The number of methoxy groups -OCH3 is 2. The fourth-order valence-electron chi connectivity index (χ4n) is 4.05. The Morgan fingerprint density at radius 1 is 0.946 bits per heavy atom. The molecule has 1 saturated heterocycles. The molecule has 0 aromatic heterocycles. The van der Waals surface area contributed by atoms with Gasteiger partial charge in [-0.1, -0.05) is 30.3 Å². The maximum Gasteiger partial charge on any atom is 0.264 e. The van der Waals surface area contributed by atoms with Crippen LogP contribution in [0, 0.1) is 0 Å². The quantitative estimate of drug-likeness (QED) is 0.435. The number of hydrogen-bond donors (Lipinski definition) is 1. The zero-order valence-electron chi connectivity index (χ0n) is 20.9. The lowest BCUT2D eigenvalue weighted by Gasteiger charge is -2.29. The van der Waals surface area contributed by atoms with Gasteiger partial charge in [-0.05, 0) is 42.0 Å². The summed E-state index contributed by atoms with van der Waals surface area (Å²) >= 11 is 0. The number of benzene rings is 3. The van der Waals surface area contributed by atoms with Crippen LogP contribution in [0.25, 0.3) is 0 Å². The molecule has 196 valence electrons. The molecule has 1 heterocycles. The molecule has 1 N–H and O–H groups in total. The fourth-order valence-corrected chi connectivity index (χ4v) is 5.48. The van der Waals surface area contributed by atoms with Crippen molar-refractivity contribution >= 4 is 27.3 Å². The highest BCUT2D eigenvalue weighted by Crippen LogP contribution is 2.32. The van der Waals surface area contributed by atoms with Gasteiger partial charge in [-0.15, -0.1) is 0 Å². The van der Waals surface area contributed by atoms with Crippen LogP contribution in [0.1, 0.15) is 5.56 Å². The first-order valence-electron chi connectivity index (χ1n) is 11.9. The van der Waals surface area contributed by atoms with Gasteiger partial charge in [0.15, 0.2) is 11.5 Å². The van der Waals surface area contributed by atoms with Crippen LogP contribution < -0.4 is 24.0 Å². The Morgan fingerprint density at radius 3 is 2.27 bits per heavy atom. The summed E-state index contributed by atoms with van der Waals surface area (Å²) in [6, 6.07) is 20.8. The van der Waals surface area contributed by atoms with Crippen molar-refractivity contribution in [1.29, 1.82) is 0 Å². The summed E-state index contributed by atoms with van der Waals surface area (Å²) in [5, 5.41) is 2.84. The highest BCUT2D eigenvalue weighted by atomic mass is 32.2. The minimum atomic E-state index is -4.09. The predicted molar refractivity (Wildman–Crippen MR) is 142 cm³/mol. The summed E-state index contributed by atoms with van der Waals surface area (Å²) in [4.78, 5) is 15.2. The van der Waals surface area contributed by atoms with Gasteiger partial charge in [-0.2, -0.15) is 0 Å². The highest BCUT2D eigenvalue weighted by molar-refractivity contribution is 7.92. The second-order valence-corrected chi connectivity index (χ2v) is 10.3. The smallest absolute Gasteiger partial charge is 0.264 e. The molecule has 10 heteroatoms. The Bertz CT molecular complexity index is 1290. The number of rotatable bonds is 10. The van der Waals surface area contributed by atoms with E-state index in [0.717, 1.165) is 28.6 Å². The van der Waals surface area contributed by atoms with E-state index in [1.165, 1.54) is 32.4 Å². The number of ether oxygens (including phenoxy) is 3. The number of para-hydroxylation sites is 1. The molecule has 0 saturated carbocycles. The van der Waals surface area contributed by atoms with Crippen LogP contribution in [0.3, 0.4) is 0 Å². The van der Waals surface area contributed by atoms with E-state index in [4.69, 9.17) is 14.2 Å². The van der Waals surface area contributed by atoms with Crippen LogP contribution >= 0.6 is 0 Å². The first-order chi connectivity index (χ1) is 17.9. The second-order valence-electron chi connectivity index (χ2n) is 8.41. The first-order valence-corrected chi connectivity index (χ1v) is 13.3. The van der Waals surface area contributed by atoms with Gasteiger partial charge in [0, 0.05) is 31.4 Å². The van der Waals surface area contributed by atoms with E-state index in [1.54, 1.807) is 30.3 Å². The first kappa shape index (κ1) is 26.3. The van der Waals surface area contributed by atoms with Gasteiger partial charge < -0.3 is 24.4 Å². The zero-order valence-corrected chi connectivity index (χ0v) is 21.7. The summed E-state index contributed by atoms with van der Waals surface area (Å²) in [6.45, 7) is 3.01. The molecule has 1 fully saturated rings. The zero-order chi connectivity index (χ0) is 26.3. The lowest BCUT2D eigenvalue weighted by Crippen LogP contribution is -2.40. The van der Waals surface area contributed by atoms with Gasteiger partial charge in [-0.3, -0.25) is 9.10 Å². The molecule has 0 atom stereocenters. The molecule has 0 unspecified atom stereocenters. The molecule has 0 bridgehead atoms. The molecular formula is C27H31N3O6S. The molecule has 1 aliphatic heterocycles. The Morgan fingerprint density at radius 2 is 1.62 bits per heavy atom. The summed E-state index contributed by atoms with van der Waals surface area (Å²) in [6.07, 6.45) is 0. The fraction of sp³-hybridized carbons (Fsp3) is 0.296. The normalized spacial score (nSPS) is 13.6. The molecule has 37 heavy (non-hydrogen) atoms. The number of nitrogens with zero attached hydrogens (tertiary/aromatic N) is 2. The number of carbonyl (C=O) groups is 1. The molecule has 1 aliphatic rings. The third-order valence-electron chi connectivity index (χ3n) is 6.08. The van der Waals surface area contributed by atoms with Gasteiger partial charge in [-0.25, -0.2) is 8.42 Å². The minimum Gasteiger partial charge on any atom is -0.493 e. The van der Waals surface area contributed by atoms with E-state index < -0.39 is 15.9 Å². The van der Waals surface area contributed by atoms with Crippen LogP contribution in [0.5, 0.6) is 11.5 Å². The number of nitrogens with one attached hydrogen (secondary N) is 1. The lowest BCUT2D eigenvalue weighted by atomic mass is 10.2. The number of hydrogen-bond acceptors (Lipinski definition) is 7. The van der Waals surface area contributed by atoms with Gasteiger partial charge >= 0.3 is 0 Å². The van der Waals surface area contributed by atoms with Gasteiger partial charge in [0.2, 0.25) is 5.91 Å². The Balaban J connectivity index is 1.48. The third-order valence-corrected chi connectivity index (χ3v) is 7.85. The Labute approximate surface area is 217 Å². The van der Waals surface area contributed by atoms with E-state index >= 15 is 0 Å². The monoisotopic (exact) mass is 525 g/mol. The highest BCUT2D eigenvalue weighted by Gasteiger charge is 2.28. The van der Waals surface area contributed by atoms with Crippen molar-refractivity contribution in [1.82, 2.24) is 5.32 Å².